The second-order valence-corrected chi connectivity index (χ2v) is 7.12. The Morgan fingerprint density at radius 3 is 2.71 bits per heavy atom. The molecule has 1 N–H and O–H groups in total. The maximum Gasteiger partial charge on any atom is 0.237 e. The van der Waals surface area contributed by atoms with Crippen molar-refractivity contribution in [1.82, 2.24) is 19.7 Å². The molecule has 0 saturated carbocycles. The van der Waals surface area contributed by atoms with Gasteiger partial charge in [-0.2, -0.15) is 0 Å². The van der Waals surface area contributed by atoms with Gasteiger partial charge in [0.15, 0.2) is 11.0 Å². The highest BCUT2D eigenvalue weighted by Crippen LogP contribution is 2.27. The molecule has 1 unspecified atom stereocenters. The van der Waals surface area contributed by atoms with Gasteiger partial charge >= 0.3 is 0 Å². The number of halogens is 2. The van der Waals surface area contributed by atoms with E-state index in [0.29, 0.717) is 17.5 Å². The van der Waals surface area contributed by atoms with Crippen LogP contribution in [0.3, 0.4) is 0 Å². The smallest absolute Gasteiger partial charge is 0.237 e. The fourth-order valence-electron chi connectivity index (χ4n) is 2.42. The van der Waals surface area contributed by atoms with Gasteiger partial charge in [-0.15, -0.1) is 16.8 Å². The molecule has 144 valence electrons. The largest absolute Gasteiger partial charge is 0.323 e. The third-order valence-electron chi connectivity index (χ3n) is 3.81. The van der Waals surface area contributed by atoms with Crippen molar-refractivity contribution in [3.63, 3.8) is 0 Å². The fourth-order valence-corrected chi connectivity index (χ4v) is 3.28. The third-order valence-corrected chi connectivity index (χ3v) is 4.89. The number of allylic oxidation sites excluding steroid dienone is 1. The molecule has 1 aromatic carbocycles. The number of anilines is 1. The van der Waals surface area contributed by atoms with E-state index in [4.69, 9.17) is 0 Å². The highest BCUT2D eigenvalue weighted by Gasteiger charge is 2.21. The topological polar surface area (TPSA) is 72.7 Å². The lowest BCUT2D eigenvalue weighted by atomic mass is 10.2. The van der Waals surface area contributed by atoms with Crippen LogP contribution in [0.25, 0.3) is 11.4 Å². The molecule has 28 heavy (non-hydrogen) atoms. The molecular formula is C19H17F2N5OS. The molecule has 0 aliphatic rings. The van der Waals surface area contributed by atoms with Crippen molar-refractivity contribution < 1.29 is 13.6 Å². The van der Waals surface area contributed by atoms with E-state index in [1.54, 1.807) is 25.4 Å². The molecule has 0 spiro atoms. The van der Waals surface area contributed by atoms with Crippen LogP contribution in [0.5, 0.6) is 0 Å². The molecule has 1 atom stereocenters. The minimum absolute atomic E-state index is 0.0797. The van der Waals surface area contributed by atoms with Crippen LogP contribution in [0.4, 0.5) is 14.5 Å². The first-order chi connectivity index (χ1) is 13.5. The van der Waals surface area contributed by atoms with Gasteiger partial charge < -0.3 is 5.32 Å². The molecule has 0 radical (unpaired) electrons. The van der Waals surface area contributed by atoms with Gasteiger partial charge in [0.05, 0.1) is 10.9 Å². The Bertz CT molecular complexity index is 993. The number of aromatic nitrogens is 4. The highest BCUT2D eigenvalue weighted by atomic mass is 32.2. The van der Waals surface area contributed by atoms with Crippen molar-refractivity contribution >= 4 is 23.4 Å². The Morgan fingerprint density at radius 1 is 1.29 bits per heavy atom. The van der Waals surface area contributed by atoms with Crippen LogP contribution in [-0.4, -0.2) is 30.9 Å². The summed E-state index contributed by atoms with van der Waals surface area (Å²) in [5, 5.41) is 10.8. The quantitative estimate of drug-likeness (QED) is 0.480. The second kappa shape index (κ2) is 8.75. The Balaban J connectivity index is 1.78. The van der Waals surface area contributed by atoms with E-state index >= 15 is 0 Å². The van der Waals surface area contributed by atoms with E-state index in [-0.39, 0.29) is 5.69 Å². The number of pyridine rings is 1. The SMILES string of the molecule is C=CCn1c(SC(C)C(=O)Nc2ccc(F)cc2F)nnc1-c1ccncc1. The molecule has 0 bridgehead atoms. The number of hydrogen-bond acceptors (Lipinski definition) is 5. The van der Waals surface area contributed by atoms with Gasteiger partial charge in [0.2, 0.25) is 5.91 Å². The molecule has 9 heteroatoms. The van der Waals surface area contributed by atoms with Crippen molar-refractivity contribution in [3.05, 3.63) is 67.0 Å². The lowest BCUT2D eigenvalue weighted by molar-refractivity contribution is -0.115. The number of carbonyl (C=O) groups is 1. The Morgan fingerprint density at radius 2 is 2.04 bits per heavy atom. The van der Waals surface area contributed by atoms with Crippen molar-refractivity contribution in [2.45, 2.75) is 23.9 Å². The number of rotatable bonds is 7. The van der Waals surface area contributed by atoms with E-state index in [1.807, 2.05) is 16.7 Å². The summed E-state index contributed by atoms with van der Waals surface area (Å²) in [6.45, 7) is 5.87. The zero-order valence-corrected chi connectivity index (χ0v) is 15.8. The first-order valence-corrected chi connectivity index (χ1v) is 9.24. The second-order valence-electron chi connectivity index (χ2n) is 5.81. The lowest BCUT2D eigenvalue weighted by Gasteiger charge is -2.13. The van der Waals surface area contributed by atoms with Crippen molar-refractivity contribution in [2.24, 2.45) is 0 Å². The van der Waals surface area contributed by atoms with Crippen LogP contribution < -0.4 is 5.32 Å². The van der Waals surface area contributed by atoms with Gasteiger partial charge in [0.1, 0.15) is 11.6 Å². The number of amides is 1. The molecule has 1 amide bonds. The molecule has 0 fully saturated rings. The number of nitrogens with one attached hydrogen (secondary N) is 1. The minimum Gasteiger partial charge on any atom is -0.323 e. The van der Waals surface area contributed by atoms with Crippen molar-refractivity contribution in [3.8, 4) is 11.4 Å². The average Bonchev–Trinajstić information content (AvgIpc) is 3.07. The molecule has 3 aromatic rings. The number of benzene rings is 1. The predicted octanol–water partition coefficient (Wildman–Crippen LogP) is 3.92. The standard InChI is InChI=1S/C19H17F2N5OS/c1-3-10-26-17(13-6-8-22-9-7-13)24-25-19(26)28-12(2)18(27)23-16-5-4-14(20)11-15(16)21/h3-9,11-12H,1,10H2,2H3,(H,23,27). The molecule has 3 rings (SSSR count). The fraction of sp³-hybridized carbons (Fsp3) is 0.158. The minimum atomic E-state index is -0.833. The van der Waals surface area contributed by atoms with E-state index < -0.39 is 22.8 Å². The molecule has 0 saturated heterocycles. The molecule has 2 aromatic heterocycles. The number of thioether (sulfide) groups is 1. The average molecular weight is 401 g/mol. The van der Waals surface area contributed by atoms with Gasteiger partial charge in [0.25, 0.3) is 0 Å². The molecule has 6 nitrogen and oxygen atoms in total. The summed E-state index contributed by atoms with van der Waals surface area (Å²) >= 11 is 1.18. The summed E-state index contributed by atoms with van der Waals surface area (Å²) in [5.41, 5.74) is 0.755. The van der Waals surface area contributed by atoms with Crippen LogP contribution in [-0.2, 0) is 11.3 Å². The highest BCUT2D eigenvalue weighted by molar-refractivity contribution is 8.00. The monoisotopic (exact) mass is 401 g/mol. The van der Waals surface area contributed by atoms with Gasteiger partial charge in [-0.25, -0.2) is 8.78 Å². The first kappa shape index (κ1) is 19.7. The van der Waals surface area contributed by atoms with Crippen molar-refractivity contribution in [2.75, 3.05) is 5.32 Å². The summed E-state index contributed by atoms with van der Waals surface area (Å²) in [6, 6.07) is 6.60. The Kier molecular flexibility index (Phi) is 6.15. The summed E-state index contributed by atoms with van der Waals surface area (Å²) < 4.78 is 28.6. The van der Waals surface area contributed by atoms with Gasteiger partial charge in [-0.1, -0.05) is 17.8 Å². The van der Waals surface area contributed by atoms with E-state index in [1.165, 1.54) is 17.8 Å². The number of carbonyl (C=O) groups excluding carboxylic acids is 1. The van der Waals surface area contributed by atoms with Crippen LogP contribution in [0.2, 0.25) is 0 Å². The number of nitrogens with zero attached hydrogens (tertiary/aromatic N) is 4. The van der Waals surface area contributed by atoms with Crippen LogP contribution in [0, 0.1) is 11.6 Å². The Hall–Kier alpha value is -3.07. The van der Waals surface area contributed by atoms with E-state index in [0.717, 1.165) is 17.7 Å². The van der Waals surface area contributed by atoms with Gasteiger partial charge in [-0.05, 0) is 31.2 Å². The lowest BCUT2D eigenvalue weighted by Crippen LogP contribution is -2.23. The maximum atomic E-state index is 13.8. The van der Waals surface area contributed by atoms with Crippen LogP contribution in [0.1, 0.15) is 6.92 Å². The normalized spacial score (nSPS) is 11.8. The molecule has 0 aliphatic carbocycles. The zero-order valence-electron chi connectivity index (χ0n) is 15.0. The summed E-state index contributed by atoms with van der Waals surface area (Å²) in [7, 11) is 0. The summed E-state index contributed by atoms with van der Waals surface area (Å²) in [6.07, 6.45) is 5.02. The molecule has 2 heterocycles. The molecular weight excluding hydrogens is 384 g/mol. The zero-order chi connectivity index (χ0) is 20.1. The Labute approximate surface area is 164 Å². The van der Waals surface area contributed by atoms with Crippen LogP contribution in [0.15, 0.2) is 60.5 Å². The van der Waals surface area contributed by atoms with Gasteiger partial charge in [-0.3, -0.25) is 14.3 Å². The number of hydrogen-bond donors (Lipinski definition) is 1. The van der Waals surface area contributed by atoms with Crippen molar-refractivity contribution in [1.29, 1.82) is 0 Å². The first-order valence-electron chi connectivity index (χ1n) is 8.36. The molecule has 0 aliphatic heterocycles. The third kappa shape index (κ3) is 4.42. The van der Waals surface area contributed by atoms with E-state index in [2.05, 4.69) is 27.1 Å². The summed E-state index contributed by atoms with van der Waals surface area (Å²) in [4.78, 5) is 16.4. The summed E-state index contributed by atoms with van der Waals surface area (Å²) in [5.74, 6) is -1.35. The predicted molar refractivity (Wildman–Crippen MR) is 104 cm³/mol. The van der Waals surface area contributed by atoms with Crippen LogP contribution >= 0.6 is 11.8 Å². The van der Waals surface area contributed by atoms with Gasteiger partial charge in [0, 0.05) is 30.6 Å². The maximum absolute atomic E-state index is 13.8. The van der Waals surface area contributed by atoms with E-state index in [9.17, 15) is 13.6 Å².